The van der Waals surface area contributed by atoms with Gasteiger partial charge in [-0.1, -0.05) is 32.4 Å². The molecule has 2 amide bonds. The molecule has 2 unspecified atom stereocenters. The molecule has 0 aliphatic heterocycles. The van der Waals surface area contributed by atoms with Gasteiger partial charge < -0.3 is 16.0 Å². The first-order valence-electron chi connectivity index (χ1n) is 7.70. The summed E-state index contributed by atoms with van der Waals surface area (Å²) in [4.78, 5) is 25.4. The van der Waals surface area contributed by atoms with Crippen LogP contribution in [0, 0.1) is 5.92 Å². The van der Waals surface area contributed by atoms with Crippen molar-refractivity contribution in [2.75, 3.05) is 20.6 Å². The van der Waals surface area contributed by atoms with E-state index in [1.165, 1.54) is 0 Å². The minimum Gasteiger partial charge on any atom is -0.354 e. The number of rotatable bonds is 7. The highest BCUT2D eigenvalue weighted by Crippen LogP contribution is 2.08. The summed E-state index contributed by atoms with van der Waals surface area (Å²) in [6, 6.07) is 7.00. The predicted octanol–water partition coefficient (Wildman–Crippen LogP) is 1.84. The summed E-state index contributed by atoms with van der Waals surface area (Å²) >= 11 is 0. The summed E-state index contributed by atoms with van der Waals surface area (Å²) in [5.41, 5.74) is 7.56. The lowest BCUT2D eigenvalue weighted by atomic mass is 9.99. The van der Waals surface area contributed by atoms with Crippen LogP contribution in [0.3, 0.4) is 0 Å². The van der Waals surface area contributed by atoms with Gasteiger partial charge in [0.25, 0.3) is 5.91 Å². The number of nitrogens with two attached hydrogens (primary N) is 1. The monoisotopic (exact) mass is 341 g/mol. The topological polar surface area (TPSA) is 75.4 Å². The van der Waals surface area contributed by atoms with Crippen molar-refractivity contribution in [1.82, 2.24) is 10.2 Å². The van der Waals surface area contributed by atoms with E-state index in [2.05, 4.69) is 5.32 Å². The van der Waals surface area contributed by atoms with Gasteiger partial charge in [0.15, 0.2) is 0 Å². The Morgan fingerprint density at radius 1 is 1.30 bits per heavy atom. The third kappa shape index (κ3) is 6.59. The van der Waals surface area contributed by atoms with Crippen molar-refractivity contribution in [1.29, 1.82) is 0 Å². The van der Waals surface area contributed by atoms with Crippen LogP contribution < -0.4 is 11.1 Å². The minimum atomic E-state index is -0.466. The van der Waals surface area contributed by atoms with Gasteiger partial charge in [0, 0.05) is 26.2 Å². The number of nitrogens with zero attached hydrogens (tertiary/aromatic N) is 1. The second-order valence-electron chi connectivity index (χ2n) is 5.85. The molecule has 23 heavy (non-hydrogen) atoms. The Labute approximate surface area is 145 Å². The van der Waals surface area contributed by atoms with Crippen LogP contribution >= 0.6 is 12.4 Å². The van der Waals surface area contributed by atoms with Gasteiger partial charge in [-0.25, -0.2) is 0 Å². The van der Waals surface area contributed by atoms with E-state index in [1.807, 2.05) is 32.0 Å². The fourth-order valence-corrected chi connectivity index (χ4v) is 2.08. The van der Waals surface area contributed by atoms with Gasteiger partial charge in [-0.05, 0) is 30.0 Å². The summed E-state index contributed by atoms with van der Waals surface area (Å²) in [5.74, 6) is 0.0283. The molecular weight excluding hydrogens is 314 g/mol. The fourth-order valence-electron chi connectivity index (χ4n) is 2.08. The average molecular weight is 342 g/mol. The first kappa shape index (κ1) is 21.4. The molecule has 0 aliphatic rings. The van der Waals surface area contributed by atoms with E-state index in [4.69, 9.17) is 5.73 Å². The summed E-state index contributed by atoms with van der Waals surface area (Å²) in [5, 5.41) is 2.86. The molecule has 6 heteroatoms. The van der Waals surface area contributed by atoms with Gasteiger partial charge in [-0.3, -0.25) is 9.59 Å². The highest BCUT2D eigenvalue weighted by atomic mass is 35.5. The van der Waals surface area contributed by atoms with Crippen LogP contribution in [0.2, 0.25) is 0 Å². The van der Waals surface area contributed by atoms with E-state index in [1.54, 1.807) is 25.1 Å². The zero-order valence-corrected chi connectivity index (χ0v) is 15.2. The number of halogens is 1. The highest BCUT2D eigenvalue weighted by molar-refractivity contribution is 5.94. The van der Waals surface area contributed by atoms with Crippen molar-refractivity contribution in [3.8, 4) is 0 Å². The quantitative estimate of drug-likeness (QED) is 0.794. The normalized spacial score (nSPS) is 12.7. The van der Waals surface area contributed by atoms with Crippen molar-refractivity contribution in [2.24, 2.45) is 11.7 Å². The van der Waals surface area contributed by atoms with E-state index >= 15 is 0 Å². The van der Waals surface area contributed by atoms with Gasteiger partial charge in [0.1, 0.15) is 0 Å². The lowest BCUT2D eigenvalue weighted by Crippen LogP contribution is -2.45. The number of benzene rings is 1. The number of nitrogens with one attached hydrogen (secondary N) is 1. The molecule has 0 radical (unpaired) electrons. The molecule has 2 atom stereocenters. The van der Waals surface area contributed by atoms with Crippen LogP contribution in [0.1, 0.15) is 36.2 Å². The van der Waals surface area contributed by atoms with Crippen molar-refractivity contribution >= 4 is 24.2 Å². The maximum Gasteiger partial charge on any atom is 0.253 e. The SMILES string of the molecule is CCC(C)C(N)C(=O)NCCc1cccc(C(=O)N(C)C)c1.Cl. The Balaban J connectivity index is 0.00000484. The van der Waals surface area contributed by atoms with Gasteiger partial charge in [0.05, 0.1) is 6.04 Å². The number of carbonyl (C=O) groups is 2. The largest absolute Gasteiger partial charge is 0.354 e. The Morgan fingerprint density at radius 3 is 2.52 bits per heavy atom. The Hall–Kier alpha value is -1.59. The lowest BCUT2D eigenvalue weighted by Gasteiger charge is -2.17. The smallest absolute Gasteiger partial charge is 0.253 e. The van der Waals surface area contributed by atoms with Crippen LogP contribution in [-0.4, -0.2) is 43.4 Å². The summed E-state index contributed by atoms with van der Waals surface area (Å²) in [6.45, 7) is 4.51. The molecule has 1 rings (SSSR count). The maximum absolute atomic E-state index is 11.9. The van der Waals surface area contributed by atoms with Gasteiger partial charge in [0.2, 0.25) is 5.91 Å². The predicted molar refractivity (Wildman–Crippen MR) is 95.9 cm³/mol. The van der Waals surface area contributed by atoms with E-state index in [0.717, 1.165) is 12.0 Å². The Morgan fingerprint density at radius 2 is 1.96 bits per heavy atom. The van der Waals surface area contributed by atoms with Crippen molar-refractivity contribution in [3.05, 3.63) is 35.4 Å². The van der Waals surface area contributed by atoms with Crippen LogP contribution in [0.15, 0.2) is 24.3 Å². The van der Waals surface area contributed by atoms with Crippen molar-refractivity contribution < 1.29 is 9.59 Å². The van der Waals surface area contributed by atoms with Crippen molar-refractivity contribution in [2.45, 2.75) is 32.7 Å². The average Bonchev–Trinajstić information content (AvgIpc) is 2.52. The first-order valence-corrected chi connectivity index (χ1v) is 7.70. The molecule has 1 aromatic carbocycles. The van der Waals surface area contributed by atoms with Gasteiger partial charge in [-0.2, -0.15) is 0 Å². The van der Waals surface area contributed by atoms with Crippen LogP contribution in [0.25, 0.3) is 0 Å². The molecule has 0 fully saturated rings. The minimum absolute atomic E-state index is 0. The van der Waals surface area contributed by atoms with Gasteiger partial charge in [-0.15, -0.1) is 12.4 Å². The number of hydrogen-bond donors (Lipinski definition) is 2. The molecule has 5 nitrogen and oxygen atoms in total. The second kappa shape index (κ2) is 10.2. The molecule has 0 aliphatic carbocycles. The van der Waals surface area contributed by atoms with Crippen LogP contribution in [0.4, 0.5) is 0 Å². The summed E-state index contributed by atoms with van der Waals surface area (Å²) < 4.78 is 0. The fraction of sp³-hybridized carbons (Fsp3) is 0.529. The molecule has 3 N–H and O–H groups in total. The van der Waals surface area contributed by atoms with Crippen molar-refractivity contribution in [3.63, 3.8) is 0 Å². The van der Waals surface area contributed by atoms with Gasteiger partial charge >= 0.3 is 0 Å². The highest BCUT2D eigenvalue weighted by Gasteiger charge is 2.18. The number of amides is 2. The molecule has 0 aromatic heterocycles. The van der Waals surface area contributed by atoms with E-state index < -0.39 is 6.04 Å². The second-order valence-corrected chi connectivity index (χ2v) is 5.85. The summed E-state index contributed by atoms with van der Waals surface area (Å²) in [6.07, 6.45) is 1.55. The Kier molecular flexibility index (Phi) is 9.53. The number of carbonyl (C=O) groups excluding carboxylic acids is 2. The van der Waals surface area contributed by atoms with E-state index in [9.17, 15) is 9.59 Å². The van der Waals surface area contributed by atoms with Crippen LogP contribution in [-0.2, 0) is 11.2 Å². The Bertz CT molecular complexity index is 520. The molecule has 0 spiro atoms. The third-order valence-electron chi connectivity index (χ3n) is 3.85. The zero-order chi connectivity index (χ0) is 16.7. The van der Waals surface area contributed by atoms with E-state index in [0.29, 0.717) is 18.5 Å². The maximum atomic E-state index is 11.9. The number of hydrogen-bond acceptors (Lipinski definition) is 3. The molecule has 0 bridgehead atoms. The molecule has 0 saturated carbocycles. The zero-order valence-electron chi connectivity index (χ0n) is 14.3. The molecular formula is C17H28ClN3O2. The third-order valence-corrected chi connectivity index (χ3v) is 3.85. The van der Waals surface area contributed by atoms with E-state index in [-0.39, 0.29) is 30.1 Å². The molecule has 0 saturated heterocycles. The molecule has 0 heterocycles. The lowest BCUT2D eigenvalue weighted by molar-refractivity contribution is -0.123. The molecule has 1 aromatic rings. The van der Waals surface area contributed by atoms with Crippen LogP contribution in [0.5, 0.6) is 0 Å². The first-order chi connectivity index (χ1) is 10.4. The summed E-state index contributed by atoms with van der Waals surface area (Å²) in [7, 11) is 3.46. The molecule has 130 valence electrons. The standard InChI is InChI=1S/C17H27N3O2.ClH/c1-5-12(2)15(18)16(21)19-10-9-13-7-6-8-14(11-13)17(22)20(3)4;/h6-8,11-12,15H,5,9-10,18H2,1-4H3,(H,19,21);1H.